The van der Waals surface area contributed by atoms with Gasteiger partial charge in [0.1, 0.15) is 0 Å². The molecular weight excluding hydrogens is 418 g/mol. The van der Waals surface area contributed by atoms with Crippen molar-refractivity contribution in [1.29, 1.82) is 0 Å². The topological polar surface area (TPSA) is 106 Å². The molecule has 2 saturated heterocycles. The lowest BCUT2D eigenvalue weighted by atomic mass is 9.97. The van der Waals surface area contributed by atoms with Gasteiger partial charge in [-0.3, -0.25) is 0 Å². The fourth-order valence-electron chi connectivity index (χ4n) is 4.90. The monoisotopic (exact) mass is 447 g/mol. The zero-order valence-electron chi connectivity index (χ0n) is 18.6. The third-order valence-corrected chi connectivity index (χ3v) is 6.61. The molecule has 0 saturated carbocycles. The number of piperidine rings is 1. The molecule has 33 heavy (non-hydrogen) atoms. The van der Waals surface area contributed by atoms with E-state index in [2.05, 4.69) is 70.8 Å². The fourth-order valence-corrected chi connectivity index (χ4v) is 4.90. The molecule has 0 spiro atoms. The number of carboxylic acid groups (broad SMARTS) is 2. The highest BCUT2D eigenvalue weighted by Crippen LogP contribution is 2.35. The highest BCUT2D eigenvalue weighted by Gasteiger charge is 2.38. The number of nitrogens with zero attached hydrogens (tertiary/aromatic N) is 1. The van der Waals surface area contributed by atoms with Gasteiger partial charge in [0.2, 0.25) is 0 Å². The standard InChI is InChI=1S/C22H25N3.C4H4O4/c1-25-20-7-8-21(25)14-19(13-20)24-18-5-2-15(3-6-18)16-4-9-22-17(12-16)10-11-23-22;5-3(6)1-2-4(7)8/h2-6,9-12,19-21,23-24H,7-8,13-14H2,1H3;1-2H,(H,5,6)(H,7,8)/b;2-1+/t19?,20-,21+;. The molecule has 7 heteroatoms. The van der Waals surface area contributed by atoms with Crippen LogP contribution in [-0.2, 0) is 9.59 Å². The molecule has 0 amide bonds. The number of fused-ring (bicyclic) bond motifs is 3. The van der Waals surface area contributed by atoms with Crippen LogP contribution in [0.2, 0.25) is 0 Å². The molecule has 0 radical (unpaired) electrons. The Hall–Kier alpha value is -3.58. The van der Waals surface area contributed by atoms with Crippen molar-refractivity contribution in [3.8, 4) is 11.1 Å². The van der Waals surface area contributed by atoms with Crippen molar-refractivity contribution < 1.29 is 19.8 Å². The molecular formula is C26H29N3O4. The number of carboxylic acids is 2. The Balaban J connectivity index is 0.000000281. The molecule has 1 unspecified atom stereocenters. The molecule has 0 aliphatic carbocycles. The quantitative estimate of drug-likeness (QED) is 0.427. The minimum atomic E-state index is -1.26. The molecule has 2 aromatic carbocycles. The number of H-pyrrole nitrogens is 1. The number of anilines is 1. The van der Waals surface area contributed by atoms with Gasteiger partial charge < -0.3 is 25.4 Å². The first kappa shape index (κ1) is 22.6. The van der Waals surface area contributed by atoms with Crippen molar-refractivity contribution >= 4 is 28.5 Å². The van der Waals surface area contributed by atoms with Gasteiger partial charge in [0.25, 0.3) is 0 Å². The van der Waals surface area contributed by atoms with Gasteiger partial charge in [0.15, 0.2) is 0 Å². The van der Waals surface area contributed by atoms with Gasteiger partial charge in [0, 0.05) is 47.7 Å². The lowest BCUT2D eigenvalue weighted by Gasteiger charge is -2.37. The second-order valence-electron chi connectivity index (χ2n) is 8.73. The molecule has 3 heterocycles. The normalized spacial score (nSPS) is 22.2. The molecule has 1 aromatic heterocycles. The van der Waals surface area contributed by atoms with E-state index in [0.717, 1.165) is 12.1 Å². The number of aromatic amines is 1. The number of carbonyl (C=O) groups is 2. The largest absolute Gasteiger partial charge is 0.478 e. The Bertz CT molecular complexity index is 1120. The van der Waals surface area contributed by atoms with E-state index < -0.39 is 11.9 Å². The second kappa shape index (κ2) is 9.92. The van der Waals surface area contributed by atoms with Crippen LogP contribution in [0.5, 0.6) is 0 Å². The average Bonchev–Trinajstić information content (AvgIpc) is 3.33. The number of rotatable bonds is 5. The Morgan fingerprint density at radius 2 is 1.55 bits per heavy atom. The lowest BCUT2D eigenvalue weighted by Crippen LogP contribution is -2.44. The van der Waals surface area contributed by atoms with Gasteiger partial charge >= 0.3 is 11.9 Å². The number of aliphatic carboxylic acids is 2. The number of nitrogens with one attached hydrogen (secondary N) is 2. The zero-order chi connectivity index (χ0) is 23.4. The highest BCUT2D eigenvalue weighted by molar-refractivity contribution is 5.89. The molecule has 4 N–H and O–H groups in total. The van der Waals surface area contributed by atoms with E-state index in [1.807, 2.05) is 6.20 Å². The molecule has 2 aliphatic rings. The van der Waals surface area contributed by atoms with Crippen molar-refractivity contribution in [2.75, 3.05) is 12.4 Å². The molecule has 2 fully saturated rings. The Labute approximate surface area is 192 Å². The SMILES string of the molecule is CN1[C@@H]2CC[C@H]1CC(Nc1ccc(-c3ccc4[nH]ccc4c3)cc1)C2.O=C(O)/C=C/C(=O)O. The summed E-state index contributed by atoms with van der Waals surface area (Å²) in [5, 5.41) is 20.7. The summed E-state index contributed by atoms with van der Waals surface area (Å²) < 4.78 is 0. The third kappa shape index (κ3) is 5.62. The Morgan fingerprint density at radius 3 is 2.15 bits per heavy atom. The van der Waals surface area contributed by atoms with Crippen LogP contribution >= 0.6 is 0 Å². The van der Waals surface area contributed by atoms with E-state index in [9.17, 15) is 9.59 Å². The van der Waals surface area contributed by atoms with E-state index in [1.54, 1.807) is 0 Å². The molecule has 2 bridgehead atoms. The fraction of sp³-hybridized carbons (Fsp3) is 0.308. The molecule has 3 atom stereocenters. The summed E-state index contributed by atoms with van der Waals surface area (Å²) in [5.41, 5.74) is 4.99. The summed E-state index contributed by atoms with van der Waals surface area (Å²) in [5.74, 6) is -2.51. The van der Waals surface area contributed by atoms with Crippen LogP contribution in [0, 0.1) is 0 Å². The van der Waals surface area contributed by atoms with Crippen molar-refractivity contribution in [2.45, 2.75) is 43.8 Å². The van der Waals surface area contributed by atoms with E-state index in [1.165, 1.54) is 53.4 Å². The smallest absolute Gasteiger partial charge is 0.328 e. The number of aromatic nitrogens is 1. The van der Waals surface area contributed by atoms with Gasteiger partial charge in [0.05, 0.1) is 0 Å². The van der Waals surface area contributed by atoms with Crippen molar-refractivity contribution in [3.63, 3.8) is 0 Å². The zero-order valence-corrected chi connectivity index (χ0v) is 18.6. The minimum absolute atomic E-state index is 0.558. The van der Waals surface area contributed by atoms with Gasteiger partial charge in [-0.15, -0.1) is 0 Å². The van der Waals surface area contributed by atoms with Crippen LogP contribution in [0.25, 0.3) is 22.0 Å². The predicted octanol–water partition coefficient (Wildman–Crippen LogP) is 4.58. The maximum Gasteiger partial charge on any atom is 0.328 e. The molecule has 7 nitrogen and oxygen atoms in total. The van der Waals surface area contributed by atoms with Crippen LogP contribution in [0.15, 0.2) is 66.9 Å². The number of hydrogen-bond acceptors (Lipinski definition) is 4. The van der Waals surface area contributed by atoms with Crippen molar-refractivity contribution in [3.05, 3.63) is 66.9 Å². The highest BCUT2D eigenvalue weighted by atomic mass is 16.4. The average molecular weight is 448 g/mol. The van der Waals surface area contributed by atoms with Gasteiger partial charge in [-0.1, -0.05) is 18.2 Å². The third-order valence-electron chi connectivity index (χ3n) is 6.61. The minimum Gasteiger partial charge on any atom is -0.478 e. The molecule has 3 aromatic rings. The summed E-state index contributed by atoms with van der Waals surface area (Å²) in [6, 6.07) is 19.9. The Kier molecular flexibility index (Phi) is 6.79. The molecule has 5 rings (SSSR count). The summed E-state index contributed by atoms with van der Waals surface area (Å²) >= 11 is 0. The van der Waals surface area contributed by atoms with Crippen molar-refractivity contribution in [2.24, 2.45) is 0 Å². The van der Waals surface area contributed by atoms with E-state index in [4.69, 9.17) is 10.2 Å². The van der Waals surface area contributed by atoms with Gasteiger partial charge in [-0.25, -0.2) is 9.59 Å². The van der Waals surface area contributed by atoms with Crippen LogP contribution in [-0.4, -0.2) is 57.2 Å². The Morgan fingerprint density at radius 1 is 0.939 bits per heavy atom. The first-order valence-electron chi connectivity index (χ1n) is 11.2. The van der Waals surface area contributed by atoms with Crippen molar-refractivity contribution in [1.82, 2.24) is 9.88 Å². The maximum absolute atomic E-state index is 9.55. The number of hydrogen-bond donors (Lipinski definition) is 4. The van der Waals surface area contributed by atoms with Gasteiger partial charge in [-0.2, -0.15) is 0 Å². The van der Waals surface area contributed by atoms with E-state index in [-0.39, 0.29) is 0 Å². The lowest BCUT2D eigenvalue weighted by molar-refractivity contribution is -0.134. The predicted molar refractivity (Wildman–Crippen MR) is 129 cm³/mol. The van der Waals surface area contributed by atoms with Crippen LogP contribution in [0.3, 0.4) is 0 Å². The first-order chi connectivity index (χ1) is 15.9. The first-order valence-corrected chi connectivity index (χ1v) is 11.2. The van der Waals surface area contributed by atoms with E-state index >= 15 is 0 Å². The summed E-state index contributed by atoms with van der Waals surface area (Å²) in [7, 11) is 2.30. The number of benzene rings is 2. The molecule has 172 valence electrons. The van der Waals surface area contributed by atoms with Crippen LogP contribution in [0.4, 0.5) is 5.69 Å². The summed E-state index contributed by atoms with van der Waals surface area (Å²) in [6.07, 6.45) is 8.42. The second-order valence-corrected chi connectivity index (χ2v) is 8.73. The van der Waals surface area contributed by atoms with E-state index in [0.29, 0.717) is 18.2 Å². The summed E-state index contributed by atoms with van der Waals surface area (Å²) in [6.45, 7) is 0. The molecule has 2 aliphatic heterocycles. The van der Waals surface area contributed by atoms with Gasteiger partial charge in [-0.05, 0) is 79.6 Å². The maximum atomic E-state index is 9.55. The van der Waals surface area contributed by atoms with Crippen LogP contribution in [0.1, 0.15) is 25.7 Å². The van der Waals surface area contributed by atoms with Crippen LogP contribution < -0.4 is 5.32 Å². The summed E-state index contributed by atoms with van der Waals surface area (Å²) in [4.78, 5) is 25.0.